The fourth-order valence-electron chi connectivity index (χ4n) is 2.58. The second-order valence-corrected chi connectivity index (χ2v) is 9.36. The Morgan fingerprint density at radius 2 is 1.83 bits per heavy atom. The summed E-state index contributed by atoms with van der Waals surface area (Å²) in [7, 11) is -4.29. The molecule has 2 rings (SSSR count). The van der Waals surface area contributed by atoms with Crippen LogP contribution in [0.3, 0.4) is 0 Å². The Kier molecular flexibility index (Phi) is 6.86. The minimum atomic E-state index is -4.85. The van der Waals surface area contributed by atoms with Crippen molar-refractivity contribution in [1.29, 1.82) is 0 Å². The van der Waals surface area contributed by atoms with Gasteiger partial charge in [-0.3, -0.25) is 10.1 Å². The van der Waals surface area contributed by atoms with Gasteiger partial charge in [-0.1, -0.05) is 18.6 Å². The molecule has 0 unspecified atom stereocenters. The van der Waals surface area contributed by atoms with Crippen LogP contribution in [0.1, 0.15) is 32.4 Å². The molecule has 0 aromatic carbocycles. The van der Waals surface area contributed by atoms with Gasteiger partial charge in [0, 0.05) is 5.38 Å². The number of carbonyl (C=O) groups excluding carboxylic acids is 1. The minimum absolute atomic E-state index is 0.0510. The van der Waals surface area contributed by atoms with Crippen molar-refractivity contribution in [3.8, 4) is 0 Å². The summed E-state index contributed by atoms with van der Waals surface area (Å²) >= 11 is 0.453. The summed E-state index contributed by atoms with van der Waals surface area (Å²) in [6.45, 7) is 2.58. The Labute approximate surface area is 172 Å². The summed E-state index contributed by atoms with van der Waals surface area (Å²) in [4.78, 5) is 15.1. The smallest absolute Gasteiger partial charge is 0.298 e. The van der Waals surface area contributed by atoms with Gasteiger partial charge in [0.25, 0.3) is 5.91 Å². The molecule has 0 saturated carbocycles. The lowest BCUT2D eigenvalue weighted by Gasteiger charge is -2.19. The quantitative estimate of drug-likeness (QED) is 0.622. The molecule has 1 heterocycles. The first kappa shape index (κ1) is 24.1. The van der Waals surface area contributed by atoms with E-state index in [-0.39, 0.29) is 18.4 Å². The summed E-state index contributed by atoms with van der Waals surface area (Å²) in [6, 6.07) is 0. The number of allylic oxidation sites excluding steroid dienone is 4. The third-order valence-electron chi connectivity index (χ3n) is 4.13. The molecule has 0 radical (unpaired) electrons. The largest absolute Gasteiger partial charge is 0.434 e. The number of alkyl halides is 6. The third-order valence-corrected chi connectivity index (χ3v) is 6.64. The number of rotatable bonds is 4. The summed E-state index contributed by atoms with van der Waals surface area (Å²) in [5.74, 6) is -1.73. The van der Waals surface area contributed by atoms with E-state index >= 15 is 0 Å². The molecular weight excluding hydrogens is 458 g/mol. The molecule has 1 aromatic rings. The molecule has 1 aliphatic rings. The highest BCUT2D eigenvalue weighted by Gasteiger charge is 2.37. The summed E-state index contributed by atoms with van der Waals surface area (Å²) in [5.41, 5.74) is -2.83. The van der Waals surface area contributed by atoms with E-state index in [1.54, 1.807) is 0 Å². The fraction of sp³-hybridized carbons (Fsp3) is 0.412. The highest BCUT2D eigenvalue weighted by atomic mass is 32.2. The normalized spacial score (nSPS) is 16.5. The Morgan fingerprint density at radius 3 is 2.33 bits per heavy atom. The first-order valence-electron chi connectivity index (χ1n) is 8.42. The van der Waals surface area contributed by atoms with E-state index < -0.39 is 60.7 Å². The van der Waals surface area contributed by atoms with Crippen LogP contribution in [0.2, 0.25) is 0 Å². The van der Waals surface area contributed by atoms with E-state index in [0.29, 0.717) is 22.8 Å². The molecular formula is C17H16F6N2O3S2. The monoisotopic (exact) mass is 474 g/mol. The van der Waals surface area contributed by atoms with Crippen molar-refractivity contribution < 1.29 is 39.6 Å². The number of thiazole rings is 1. The maximum absolute atomic E-state index is 13.3. The zero-order valence-electron chi connectivity index (χ0n) is 15.6. The average molecular weight is 474 g/mol. The van der Waals surface area contributed by atoms with Crippen molar-refractivity contribution in [2.45, 2.75) is 39.0 Å². The lowest BCUT2D eigenvalue weighted by molar-refractivity contribution is -0.140. The number of halogens is 6. The van der Waals surface area contributed by atoms with Gasteiger partial charge in [-0.25, -0.2) is 13.4 Å². The summed E-state index contributed by atoms with van der Waals surface area (Å²) < 4.78 is 103. The van der Waals surface area contributed by atoms with Gasteiger partial charge in [0.2, 0.25) is 0 Å². The van der Waals surface area contributed by atoms with Crippen LogP contribution >= 0.6 is 11.3 Å². The van der Waals surface area contributed by atoms with Gasteiger partial charge in [0.15, 0.2) is 20.7 Å². The van der Waals surface area contributed by atoms with Crippen LogP contribution in [-0.2, 0) is 20.8 Å². The molecule has 0 atom stereocenters. The minimum Gasteiger partial charge on any atom is -0.298 e. The first-order chi connectivity index (χ1) is 13.7. The van der Waals surface area contributed by atoms with Gasteiger partial charge < -0.3 is 0 Å². The highest BCUT2D eigenvalue weighted by Crippen LogP contribution is 2.36. The lowest BCUT2D eigenvalue weighted by atomic mass is 9.98. The van der Waals surface area contributed by atoms with Crippen molar-refractivity contribution >= 4 is 32.2 Å². The molecule has 0 bridgehead atoms. The van der Waals surface area contributed by atoms with Gasteiger partial charge in [-0.15, -0.1) is 11.3 Å². The molecule has 1 aliphatic carbocycles. The van der Waals surface area contributed by atoms with Crippen molar-refractivity contribution in [3.63, 3.8) is 0 Å². The Hall–Kier alpha value is -2.15. The van der Waals surface area contributed by atoms with Gasteiger partial charge >= 0.3 is 12.4 Å². The van der Waals surface area contributed by atoms with Crippen LogP contribution < -0.4 is 5.32 Å². The molecule has 166 valence electrons. The molecule has 13 heteroatoms. The maximum Gasteiger partial charge on any atom is 0.434 e. The number of nitrogens with one attached hydrogen (secondary N) is 1. The summed E-state index contributed by atoms with van der Waals surface area (Å²) in [6.07, 6.45) is -8.54. The van der Waals surface area contributed by atoms with Gasteiger partial charge in [0.1, 0.15) is 0 Å². The fourth-order valence-corrected chi connectivity index (χ4v) is 4.48. The number of sulfone groups is 1. The second-order valence-electron chi connectivity index (χ2n) is 6.25. The second kappa shape index (κ2) is 8.53. The van der Waals surface area contributed by atoms with Gasteiger partial charge in [-0.2, -0.15) is 26.3 Å². The van der Waals surface area contributed by atoms with E-state index in [0.717, 1.165) is 6.08 Å². The number of aromatic nitrogens is 1. The number of nitrogens with zero attached hydrogens (tertiary/aromatic N) is 1. The molecule has 0 aliphatic heterocycles. The Morgan fingerprint density at radius 1 is 1.20 bits per heavy atom. The molecule has 5 nitrogen and oxygen atoms in total. The van der Waals surface area contributed by atoms with E-state index in [2.05, 4.69) is 10.3 Å². The predicted molar refractivity (Wildman–Crippen MR) is 99.4 cm³/mol. The Balaban J connectivity index is 2.55. The van der Waals surface area contributed by atoms with Crippen molar-refractivity contribution in [1.82, 2.24) is 4.98 Å². The van der Waals surface area contributed by atoms with E-state index in [1.165, 1.54) is 13.8 Å². The molecule has 0 saturated heterocycles. The van der Waals surface area contributed by atoms with Crippen LogP contribution in [0.25, 0.3) is 0 Å². The molecule has 30 heavy (non-hydrogen) atoms. The first-order valence-corrected chi connectivity index (χ1v) is 11.0. The maximum atomic E-state index is 13.3. The SMILES string of the molecule is CCS(=O)(=O)C1=CC(C(F)(F)F)=CCCC(C)=C1C(=O)Nc1nc(C(F)(F)F)cs1. The molecule has 1 amide bonds. The zero-order valence-corrected chi connectivity index (χ0v) is 17.2. The number of amides is 1. The van der Waals surface area contributed by atoms with Crippen LogP contribution in [0.4, 0.5) is 31.5 Å². The van der Waals surface area contributed by atoms with E-state index in [4.69, 9.17) is 0 Å². The van der Waals surface area contributed by atoms with Crippen LogP contribution in [0.5, 0.6) is 0 Å². The molecule has 1 N–H and O–H groups in total. The van der Waals surface area contributed by atoms with Crippen molar-refractivity contribution in [2.24, 2.45) is 0 Å². The molecule has 0 fully saturated rings. The van der Waals surface area contributed by atoms with E-state index in [1.807, 2.05) is 0 Å². The van der Waals surface area contributed by atoms with Crippen LogP contribution in [0, 0.1) is 0 Å². The van der Waals surface area contributed by atoms with Crippen LogP contribution in [0.15, 0.2) is 39.2 Å². The van der Waals surface area contributed by atoms with Gasteiger partial charge in [0.05, 0.1) is 21.8 Å². The predicted octanol–water partition coefficient (Wildman–Crippen LogP) is 5.02. The standard InChI is InChI=1S/C17H16F6N2O3S2/c1-3-30(27,28)11-7-10(16(18,19)20)6-4-5-9(2)13(11)14(26)25-15-24-12(8-29-15)17(21,22)23/h6-8H,3-5H2,1-2H3,(H,24,25,26). The average Bonchev–Trinajstić information content (AvgIpc) is 3.05. The number of carbonyl (C=O) groups is 1. The number of hydrogen-bond acceptors (Lipinski definition) is 5. The zero-order chi connectivity index (χ0) is 22.9. The van der Waals surface area contributed by atoms with Gasteiger partial charge in [-0.05, 0) is 25.8 Å². The van der Waals surface area contributed by atoms with Crippen molar-refractivity contribution in [2.75, 3.05) is 11.1 Å². The van der Waals surface area contributed by atoms with Crippen LogP contribution in [-0.4, -0.2) is 31.2 Å². The molecule has 0 spiro atoms. The third kappa shape index (κ3) is 5.50. The van der Waals surface area contributed by atoms with Crippen molar-refractivity contribution in [3.05, 3.63) is 44.9 Å². The molecule has 1 aromatic heterocycles. The summed E-state index contributed by atoms with van der Waals surface area (Å²) in [5, 5.41) is 2.26. The number of hydrogen-bond donors (Lipinski definition) is 1. The van der Waals surface area contributed by atoms with E-state index in [9.17, 15) is 39.6 Å². The lowest BCUT2D eigenvalue weighted by Crippen LogP contribution is -2.24. The highest BCUT2D eigenvalue weighted by molar-refractivity contribution is 7.95. The Bertz CT molecular complexity index is 1030. The topological polar surface area (TPSA) is 76.1 Å². The number of anilines is 1.